The van der Waals surface area contributed by atoms with Crippen LogP contribution in [0.15, 0.2) is 0 Å². The van der Waals surface area contributed by atoms with E-state index in [0.717, 1.165) is 43.1 Å². The topological polar surface area (TPSA) is 78.8 Å². The Morgan fingerprint density at radius 1 is 1.35 bits per heavy atom. The van der Waals surface area contributed by atoms with E-state index < -0.39 is 0 Å². The van der Waals surface area contributed by atoms with E-state index in [1.807, 2.05) is 18.5 Å². The number of nitrogens with zero attached hydrogens (tertiary/aromatic N) is 4. The third-order valence-corrected chi connectivity index (χ3v) is 5.85. The van der Waals surface area contributed by atoms with Crippen molar-refractivity contribution in [1.82, 2.24) is 24.9 Å². The number of aromatic nitrogens is 4. The molecule has 1 aliphatic carbocycles. The van der Waals surface area contributed by atoms with Crippen LogP contribution in [-0.4, -0.2) is 43.9 Å². The number of hydrogen-bond donors (Lipinski definition) is 2. The lowest BCUT2D eigenvalue weighted by atomic mass is 9.81. The fraction of sp³-hybridized carbons (Fsp3) is 0.632. The average molecular weight is 356 g/mol. The van der Waals surface area contributed by atoms with Crippen LogP contribution in [0, 0.1) is 13.8 Å². The van der Waals surface area contributed by atoms with Crippen LogP contribution in [0.2, 0.25) is 0 Å². The van der Waals surface area contributed by atoms with Gasteiger partial charge in [0.05, 0.1) is 29.3 Å². The van der Waals surface area contributed by atoms with Gasteiger partial charge in [0.2, 0.25) is 5.91 Å². The first-order valence-corrected chi connectivity index (χ1v) is 9.69. The number of aryl methyl sites for hydroxylation is 2. The highest BCUT2D eigenvalue weighted by Crippen LogP contribution is 2.38. The fourth-order valence-electron chi connectivity index (χ4n) is 4.10. The lowest BCUT2D eigenvalue weighted by Crippen LogP contribution is -2.37. The summed E-state index contributed by atoms with van der Waals surface area (Å²) >= 11 is 0. The molecule has 0 aromatic carbocycles. The van der Waals surface area contributed by atoms with E-state index in [9.17, 15) is 4.79 Å². The molecule has 1 aliphatic heterocycles. The second-order valence-corrected chi connectivity index (χ2v) is 7.56. The van der Waals surface area contributed by atoms with Gasteiger partial charge in [-0.15, -0.1) is 0 Å². The molecule has 1 saturated carbocycles. The third-order valence-electron chi connectivity index (χ3n) is 5.85. The molecule has 2 aromatic heterocycles. The summed E-state index contributed by atoms with van der Waals surface area (Å²) in [6.07, 6.45) is 4.74. The summed E-state index contributed by atoms with van der Waals surface area (Å²) in [5.74, 6) is 0.651. The van der Waals surface area contributed by atoms with E-state index in [1.165, 1.54) is 36.2 Å². The van der Waals surface area contributed by atoms with Crippen LogP contribution in [-0.2, 0) is 24.3 Å². The number of carbonyl (C=O) groups excluding carboxylic acids is 1. The molecule has 0 atom stereocenters. The molecule has 2 aliphatic rings. The second-order valence-electron chi connectivity index (χ2n) is 7.56. The molecule has 26 heavy (non-hydrogen) atoms. The Bertz CT molecular complexity index is 816. The monoisotopic (exact) mass is 356 g/mol. The van der Waals surface area contributed by atoms with Gasteiger partial charge < -0.3 is 5.32 Å². The summed E-state index contributed by atoms with van der Waals surface area (Å²) in [5, 5.41) is 15.3. The van der Waals surface area contributed by atoms with Crippen LogP contribution in [0.5, 0.6) is 0 Å². The molecule has 0 spiro atoms. The summed E-state index contributed by atoms with van der Waals surface area (Å²) < 4.78 is 1.93. The van der Waals surface area contributed by atoms with Gasteiger partial charge in [-0.25, -0.2) is 0 Å². The average Bonchev–Trinajstić information content (AvgIpc) is 3.09. The molecular formula is C19H28N6O. The lowest BCUT2D eigenvalue weighted by molar-refractivity contribution is -0.117. The molecular weight excluding hydrogens is 328 g/mol. The Labute approximate surface area is 154 Å². The van der Waals surface area contributed by atoms with Gasteiger partial charge in [0.1, 0.15) is 0 Å². The summed E-state index contributed by atoms with van der Waals surface area (Å²) in [6.45, 7) is 8.92. The van der Waals surface area contributed by atoms with Gasteiger partial charge >= 0.3 is 0 Å². The van der Waals surface area contributed by atoms with Gasteiger partial charge in [-0.3, -0.25) is 19.5 Å². The summed E-state index contributed by atoms with van der Waals surface area (Å²) in [7, 11) is 0. The van der Waals surface area contributed by atoms with Gasteiger partial charge in [0.15, 0.2) is 0 Å². The number of H-pyrrole nitrogens is 1. The standard InChI is InChI=1S/C19H28N6O/c1-4-25-13(3)18(12(2)23-25)20-17(26)11-24-9-8-16-15(10-24)19(22-21-16)14-6-5-7-14/h14H,4-11H2,1-3H3,(H,20,26)(H,21,22). The van der Waals surface area contributed by atoms with Crippen molar-refractivity contribution in [2.45, 2.75) is 65.5 Å². The van der Waals surface area contributed by atoms with E-state index >= 15 is 0 Å². The lowest BCUT2D eigenvalue weighted by Gasteiger charge is -2.29. The summed E-state index contributed by atoms with van der Waals surface area (Å²) in [4.78, 5) is 14.8. The Kier molecular flexibility index (Phi) is 4.56. The molecule has 4 rings (SSSR count). The van der Waals surface area contributed by atoms with Crippen LogP contribution in [0.25, 0.3) is 0 Å². The Balaban J connectivity index is 1.41. The van der Waals surface area contributed by atoms with Crippen molar-refractivity contribution in [1.29, 1.82) is 0 Å². The van der Waals surface area contributed by atoms with Gasteiger partial charge in [-0.2, -0.15) is 10.2 Å². The first-order valence-electron chi connectivity index (χ1n) is 9.69. The minimum Gasteiger partial charge on any atom is -0.322 e. The van der Waals surface area contributed by atoms with Crippen molar-refractivity contribution in [3.8, 4) is 0 Å². The number of carbonyl (C=O) groups is 1. The van der Waals surface area contributed by atoms with Gasteiger partial charge in [0.25, 0.3) is 0 Å². The number of fused-ring (bicyclic) bond motifs is 1. The first kappa shape index (κ1) is 17.3. The van der Waals surface area contributed by atoms with Crippen LogP contribution >= 0.6 is 0 Å². The molecule has 140 valence electrons. The number of nitrogens with one attached hydrogen (secondary N) is 2. The molecule has 0 unspecified atom stereocenters. The number of hydrogen-bond acceptors (Lipinski definition) is 4. The Morgan fingerprint density at radius 3 is 2.81 bits per heavy atom. The minimum absolute atomic E-state index is 0.0315. The van der Waals surface area contributed by atoms with E-state index in [2.05, 4.69) is 32.4 Å². The van der Waals surface area contributed by atoms with Gasteiger partial charge in [0, 0.05) is 43.2 Å². The fourth-order valence-corrected chi connectivity index (χ4v) is 4.10. The molecule has 2 aromatic rings. The SMILES string of the molecule is CCn1nc(C)c(NC(=O)CN2CCc3[nH]nc(C4CCC4)c3C2)c1C. The molecule has 1 fully saturated rings. The van der Waals surface area contributed by atoms with Crippen LogP contribution in [0.1, 0.15) is 60.4 Å². The van der Waals surface area contributed by atoms with Crippen LogP contribution < -0.4 is 5.32 Å². The molecule has 2 N–H and O–H groups in total. The normalized spacial score (nSPS) is 17.8. The van der Waals surface area contributed by atoms with Gasteiger partial charge in [-0.1, -0.05) is 6.42 Å². The predicted octanol–water partition coefficient (Wildman–Crippen LogP) is 2.51. The molecule has 0 bridgehead atoms. The molecule has 1 amide bonds. The summed E-state index contributed by atoms with van der Waals surface area (Å²) in [5.41, 5.74) is 6.58. The van der Waals surface area contributed by atoms with Crippen molar-refractivity contribution >= 4 is 11.6 Å². The molecule has 7 heteroatoms. The second kappa shape index (κ2) is 6.87. The highest BCUT2D eigenvalue weighted by atomic mass is 16.2. The number of amides is 1. The zero-order valence-corrected chi connectivity index (χ0v) is 15.9. The number of anilines is 1. The maximum atomic E-state index is 12.6. The van der Waals surface area contributed by atoms with Crippen molar-refractivity contribution in [3.63, 3.8) is 0 Å². The minimum atomic E-state index is 0.0315. The molecule has 0 radical (unpaired) electrons. The van der Waals surface area contributed by atoms with Crippen LogP contribution in [0.3, 0.4) is 0 Å². The van der Waals surface area contributed by atoms with E-state index in [1.54, 1.807) is 0 Å². The van der Waals surface area contributed by atoms with Crippen molar-refractivity contribution in [3.05, 3.63) is 28.3 Å². The van der Waals surface area contributed by atoms with Gasteiger partial charge in [-0.05, 0) is 33.6 Å². The molecule has 0 saturated heterocycles. The van der Waals surface area contributed by atoms with Crippen LogP contribution in [0.4, 0.5) is 5.69 Å². The Hall–Kier alpha value is -2.15. The smallest absolute Gasteiger partial charge is 0.238 e. The van der Waals surface area contributed by atoms with Crippen molar-refractivity contribution in [2.75, 3.05) is 18.4 Å². The first-order chi connectivity index (χ1) is 12.6. The number of aromatic amines is 1. The maximum absolute atomic E-state index is 12.6. The quantitative estimate of drug-likeness (QED) is 0.863. The van der Waals surface area contributed by atoms with Crippen molar-refractivity contribution in [2.24, 2.45) is 0 Å². The highest BCUT2D eigenvalue weighted by molar-refractivity contribution is 5.93. The maximum Gasteiger partial charge on any atom is 0.238 e. The Morgan fingerprint density at radius 2 is 2.15 bits per heavy atom. The summed E-state index contributed by atoms with van der Waals surface area (Å²) in [6, 6.07) is 0. The zero-order valence-electron chi connectivity index (χ0n) is 15.9. The third kappa shape index (κ3) is 3.05. The highest BCUT2D eigenvalue weighted by Gasteiger charge is 2.30. The number of rotatable bonds is 5. The van der Waals surface area contributed by atoms with E-state index in [0.29, 0.717) is 12.5 Å². The zero-order chi connectivity index (χ0) is 18.3. The largest absolute Gasteiger partial charge is 0.322 e. The molecule has 3 heterocycles. The van der Waals surface area contributed by atoms with E-state index in [-0.39, 0.29) is 5.91 Å². The van der Waals surface area contributed by atoms with Crippen molar-refractivity contribution < 1.29 is 4.79 Å². The van der Waals surface area contributed by atoms with E-state index in [4.69, 9.17) is 0 Å². The molecule has 7 nitrogen and oxygen atoms in total. The predicted molar refractivity (Wildman–Crippen MR) is 100 cm³/mol.